The zero-order valence-electron chi connectivity index (χ0n) is 19.6. The average molecular weight is 481 g/mol. The Morgan fingerprint density at radius 2 is 2.11 bits per heavy atom. The van der Waals surface area contributed by atoms with Gasteiger partial charge < -0.3 is 30.1 Å². The Labute approximate surface area is 203 Å². The summed E-state index contributed by atoms with van der Waals surface area (Å²) in [7, 11) is 1.56. The van der Waals surface area contributed by atoms with Gasteiger partial charge in [0.1, 0.15) is 17.3 Å². The summed E-state index contributed by atoms with van der Waals surface area (Å²) >= 11 is 0. The van der Waals surface area contributed by atoms with Gasteiger partial charge in [-0.2, -0.15) is 0 Å². The van der Waals surface area contributed by atoms with E-state index in [0.717, 1.165) is 31.5 Å². The van der Waals surface area contributed by atoms with Crippen molar-refractivity contribution in [1.82, 2.24) is 15.2 Å². The average Bonchev–Trinajstić information content (AvgIpc) is 2.87. The summed E-state index contributed by atoms with van der Waals surface area (Å²) in [5.74, 6) is 0.633. The van der Waals surface area contributed by atoms with Crippen molar-refractivity contribution in [2.24, 2.45) is 0 Å². The summed E-state index contributed by atoms with van der Waals surface area (Å²) in [5.41, 5.74) is 2.66. The molecule has 1 atom stereocenters. The molecule has 3 N–H and O–H groups in total. The van der Waals surface area contributed by atoms with Gasteiger partial charge in [-0.25, -0.2) is 4.39 Å². The van der Waals surface area contributed by atoms with E-state index >= 15 is 0 Å². The Hall–Kier alpha value is -3.27. The molecule has 3 aromatic rings. The maximum Gasteiger partial charge on any atom is 0.262 e. The molecule has 2 aliphatic rings. The SMILES string of the molecule is COc1ccc2ncc(F)c([C@H](O)CN3CCC(NCc4ccc5c(c4)NC(=O)CO5)CC3)c2c1. The van der Waals surface area contributed by atoms with Crippen LogP contribution in [0, 0.1) is 5.82 Å². The number of halogens is 1. The van der Waals surface area contributed by atoms with E-state index in [-0.39, 0.29) is 18.1 Å². The topological polar surface area (TPSA) is 96.0 Å². The number of fused-ring (bicyclic) bond motifs is 2. The lowest BCUT2D eigenvalue weighted by atomic mass is 10.0. The number of β-amino-alcohol motifs (C(OH)–C–C–N with tert-alkyl or cyclic N) is 1. The van der Waals surface area contributed by atoms with E-state index in [2.05, 4.69) is 20.5 Å². The lowest BCUT2D eigenvalue weighted by Gasteiger charge is -2.34. The van der Waals surface area contributed by atoms with Crippen molar-refractivity contribution in [2.45, 2.75) is 31.5 Å². The highest BCUT2D eigenvalue weighted by Crippen LogP contribution is 2.31. The zero-order valence-corrected chi connectivity index (χ0v) is 19.6. The molecule has 9 heteroatoms. The maximum absolute atomic E-state index is 14.7. The van der Waals surface area contributed by atoms with E-state index < -0.39 is 11.9 Å². The van der Waals surface area contributed by atoms with Gasteiger partial charge in [0.15, 0.2) is 6.61 Å². The summed E-state index contributed by atoms with van der Waals surface area (Å²) in [6, 6.07) is 11.4. The molecule has 3 heterocycles. The minimum Gasteiger partial charge on any atom is -0.497 e. The lowest BCUT2D eigenvalue weighted by Crippen LogP contribution is -2.43. The normalized spacial score (nSPS) is 17.5. The first-order valence-electron chi connectivity index (χ1n) is 11.8. The van der Waals surface area contributed by atoms with E-state index in [9.17, 15) is 14.3 Å². The molecule has 5 rings (SSSR count). The Kier molecular flexibility index (Phi) is 6.81. The number of anilines is 1. The first-order chi connectivity index (χ1) is 17.0. The molecule has 0 aliphatic carbocycles. The zero-order chi connectivity index (χ0) is 24.4. The van der Waals surface area contributed by atoms with Gasteiger partial charge in [-0.15, -0.1) is 0 Å². The van der Waals surface area contributed by atoms with Crippen molar-refractivity contribution in [1.29, 1.82) is 0 Å². The van der Waals surface area contributed by atoms with Crippen LogP contribution in [0.25, 0.3) is 10.9 Å². The van der Waals surface area contributed by atoms with Crippen LogP contribution in [0.15, 0.2) is 42.6 Å². The molecule has 1 saturated heterocycles. The number of rotatable bonds is 7. The van der Waals surface area contributed by atoms with Crippen molar-refractivity contribution in [2.75, 3.05) is 38.7 Å². The predicted molar refractivity (Wildman–Crippen MR) is 130 cm³/mol. The van der Waals surface area contributed by atoms with Crippen molar-refractivity contribution in [3.05, 3.63) is 59.5 Å². The second kappa shape index (κ2) is 10.2. The standard InChI is InChI=1S/C26H29FN4O4/c1-34-18-3-4-21-19(11-18)26(20(27)13-29-21)23(32)14-31-8-6-17(7-9-31)28-12-16-2-5-24-22(10-16)30-25(33)15-35-24/h2-5,10-11,13,17,23,28,32H,6-9,12,14-15H2,1H3,(H,30,33)/t23-/m1/s1. The molecule has 0 spiro atoms. The van der Waals surface area contributed by atoms with Crippen LogP contribution >= 0.6 is 0 Å². The van der Waals surface area contributed by atoms with E-state index in [1.165, 1.54) is 6.20 Å². The molecule has 35 heavy (non-hydrogen) atoms. The van der Waals surface area contributed by atoms with Gasteiger partial charge in [-0.05, 0) is 61.8 Å². The van der Waals surface area contributed by atoms with Crippen molar-refractivity contribution < 1.29 is 23.8 Å². The summed E-state index contributed by atoms with van der Waals surface area (Å²) in [6.07, 6.45) is 2.04. The van der Waals surface area contributed by atoms with E-state index in [0.29, 0.717) is 47.2 Å². The van der Waals surface area contributed by atoms with Crippen LogP contribution in [0.1, 0.15) is 30.1 Å². The number of hydrogen-bond acceptors (Lipinski definition) is 7. The highest BCUT2D eigenvalue weighted by Gasteiger charge is 2.24. The molecule has 8 nitrogen and oxygen atoms in total. The smallest absolute Gasteiger partial charge is 0.262 e. The largest absolute Gasteiger partial charge is 0.497 e. The van der Waals surface area contributed by atoms with Gasteiger partial charge in [0.25, 0.3) is 5.91 Å². The van der Waals surface area contributed by atoms with Crippen LogP contribution in [-0.2, 0) is 11.3 Å². The fraction of sp³-hybridized carbons (Fsp3) is 0.385. The van der Waals surface area contributed by atoms with Crippen LogP contribution in [0.4, 0.5) is 10.1 Å². The molecule has 2 aromatic carbocycles. The molecular weight excluding hydrogens is 451 g/mol. The minimum atomic E-state index is -0.968. The fourth-order valence-electron chi connectivity index (χ4n) is 4.79. The van der Waals surface area contributed by atoms with Crippen molar-refractivity contribution in [3.63, 3.8) is 0 Å². The maximum atomic E-state index is 14.7. The molecule has 1 amide bonds. The van der Waals surface area contributed by atoms with Crippen LogP contribution in [-0.4, -0.2) is 60.3 Å². The lowest BCUT2D eigenvalue weighted by molar-refractivity contribution is -0.118. The first kappa shape index (κ1) is 23.5. The monoisotopic (exact) mass is 480 g/mol. The number of pyridine rings is 1. The molecule has 0 saturated carbocycles. The predicted octanol–water partition coefficient (Wildman–Crippen LogP) is 3.00. The van der Waals surface area contributed by atoms with Gasteiger partial charge in [0, 0.05) is 30.1 Å². The number of aromatic nitrogens is 1. The van der Waals surface area contributed by atoms with Crippen LogP contribution < -0.4 is 20.1 Å². The summed E-state index contributed by atoms with van der Waals surface area (Å²) < 4.78 is 25.4. The summed E-state index contributed by atoms with van der Waals surface area (Å²) in [6.45, 7) is 2.70. The number of amides is 1. The number of aliphatic hydroxyl groups is 1. The Balaban J connectivity index is 1.16. The second-order valence-corrected chi connectivity index (χ2v) is 9.04. The molecule has 2 aliphatic heterocycles. The van der Waals surface area contributed by atoms with Crippen LogP contribution in [0.3, 0.4) is 0 Å². The minimum absolute atomic E-state index is 0.0517. The number of likely N-dealkylation sites (tertiary alicyclic amines) is 1. The molecule has 184 valence electrons. The third-order valence-electron chi connectivity index (χ3n) is 6.69. The van der Waals surface area contributed by atoms with Gasteiger partial charge in [-0.3, -0.25) is 9.78 Å². The Morgan fingerprint density at radius 1 is 1.29 bits per heavy atom. The van der Waals surface area contributed by atoms with E-state index in [1.54, 1.807) is 25.3 Å². The number of methoxy groups -OCH3 is 1. The van der Waals surface area contributed by atoms with E-state index in [4.69, 9.17) is 9.47 Å². The molecule has 0 unspecified atom stereocenters. The fourth-order valence-corrected chi connectivity index (χ4v) is 4.79. The molecule has 0 bridgehead atoms. The number of nitrogens with one attached hydrogen (secondary N) is 2. The van der Waals surface area contributed by atoms with Crippen LogP contribution in [0.2, 0.25) is 0 Å². The third-order valence-corrected chi connectivity index (χ3v) is 6.69. The quantitative estimate of drug-likeness (QED) is 0.479. The number of carbonyl (C=O) groups excluding carboxylic acids is 1. The summed E-state index contributed by atoms with van der Waals surface area (Å²) in [5, 5.41) is 17.9. The first-order valence-corrected chi connectivity index (χ1v) is 11.8. The van der Waals surface area contributed by atoms with Crippen molar-refractivity contribution in [3.8, 4) is 11.5 Å². The number of nitrogens with zero attached hydrogens (tertiary/aromatic N) is 2. The Bertz CT molecular complexity index is 1230. The molecule has 1 fully saturated rings. The number of benzene rings is 2. The Morgan fingerprint density at radius 3 is 2.91 bits per heavy atom. The number of carbonyl (C=O) groups is 1. The number of ether oxygens (including phenoxy) is 2. The third kappa shape index (κ3) is 5.22. The van der Waals surface area contributed by atoms with E-state index in [1.807, 2.05) is 18.2 Å². The molecule has 0 radical (unpaired) electrons. The van der Waals surface area contributed by atoms with Gasteiger partial charge >= 0.3 is 0 Å². The van der Waals surface area contributed by atoms with Gasteiger partial charge in [0.2, 0.25) is 0 Å². The summed E-state index contributed by atoms with van der Waals surface area (Å²) in [4.78, 5) is 17.9. The van der Waals surface area contributed by atoms with Gasteiger partial charge in [0.05, 0.1) is 30.6 Å². The van der Waals surface area contributed by atoms with Crippen molar-refractivity contribution >= 4 is 22.5 Å². The van der Waals surface area contributed by atoms with Gasteiger partial charge in [-0.1, -0.05) is 6.07 Å². The highest BCUT2D eigenvalue weighted by molar-refractivity contribution is 5.95. The number of hydrogen-bond donors (Lipinski definition) is 3. The number of piperidine rings is 1. The molecule has 1 aromatic heterocycles. The second-order valence-electron chi connectivity index (χ2n) is 9.04. The molecular formula is C26H29FN4O4. The van der Waals surface area contributed by atoms with Crippen LogP contribution in [0.5, 0.6) is 11.5 Å². The highest BCUT2D eigenvalue weighted by atomic mass is 19.1. The number of aliphatic hydroxyl groups excluding tert-OH is 1.